The van der Waals surface area contributed by atoms with Crippen molar-refractivity contribution < 1.29 is 41.9 Å². The van der Waals surface area contributed by atoms with E-state index in [9.17, 15) is 18.1 Å². The molecule has 0 saturated heterocycles. The second-order valence-electron chi connectivity index (χ2n) is 10.0. The van der Waals surface area contributed by atoms with Crippen molar-refractivity contribution in [3.05, 3.63) is 72.2 Å². The van der Waals surface area contributed by atoms with Crippen LogP contribution in [0.1, 0.15) is 30.6 Å². The van der Waals surface area contributed by atoms with E-state index < -0.39 is 25.4 Å². The maximum Gasteiger partial charge on any atom is 0.469 e. The monoisotopic (exact) mass is 646 g/mol. The maximum atomic E-state index is 13.5. The molecule has 0 radical (unpaired) electrons. The van der Waals surface area contributed by atoms with Crippen molar-refractivity contribution >= 4 is 42.0 Å². The van der Waals surface area contributed by atoms with Crippen molar-refractivity contribution in [1.29, 1.82) is 0 Å². The first-order chi connectivity index (χ1) is 21.4. The molecule has 4 N–H and O–H groups in total. The Labute approximate surface area is 257 Å². The number of carbonyl (C=O) groups is 1. The Morgan fingerprint density at radius 2 is 1.80 bits per heavy atom. The van der Waals surface area contributed by atoms with Crippen LogP contribution >= 0.6 is 7.82 Å². The number of ether oxygens (including phenoxy) is 2. The summed E-state index contributed by atoms with van der Waals surface area (Å²) >= 11 is 0. The zero-order chi connectivity index (χ0) is 32.6. The van der Waals surface area contributed by atoms with Crippen LogP contribution < -0.4 is 20.1 Å². The number of carbonyl (C=O) groups excluding carboxylic acids is 1. The van der Waals surface area contributed by atoms with Crippen LogP contribution in [-0.2, 0) is 9.09 Å². The van der Waals surface area contributed by atoms with Crippen LogP contribution in [0.5, 0.6) is 11.5 Å². The number of anilines is 3. The van der Waals surface area contributed by atoms with Gasteiger partial charge in [-0.05, 0) is 56.7 Å². The maximum absolute atomic E-state index is 13.5. The van der Waals surface area contributed by atoms with Crippen LogP contribution in [0.3, 0.4) is 0 Å². The van der Waals surface area contributed by atoms with Crippen molar-refractivity contribution in [3.8, 4) is 11.5 Å². The van der Waals surface area contributed by atoms with E-state index in [1.165, 1.54) is 25.7 Å². The predicted octanol–water partition coefficient (Wildman–Crippen LogP) is 4.90. The quantitative estimate of drug-likeness (QED) is 0.102. The van der Waals surface area contributed by atoms with Gasteiger partial charge in [-0.2, -0.15) is 0 Å². The summed E-state index contributed by atoms with van der Waals surface area (Å²) in [6.45, 7) is 5.21. The summed E-state index contributed by atoms with van der Waals surface area (Å²) in [6.07, 6.45) is 3.50. The molecular formula is C29H33F2N6O7P. The van der Waals surface area contributed by atoms with E-state index in [0.29, 0.717) is 60.0 Å². The lowest BCUT2D eigenvalue weighted by molar-refractivity contribution is 0.102. The topological polar surface area (TPSA) is 168 Å². The van der Waals surface area contributed by atoms with Crippen LogP contribution in [0.2, 0.25) is 0 Å². The number of benzene rings is 2. The smallest absolute Gasteiger partial charge is 0.469 e. The van der Waals surface area contributed by atoms with Crippen molar-refractivity contribution in [2.75, 3.05) is 44.0 Å². The molecule has 0 atom stereocenters. The van der Waals surface area contributed by atoms with E-state index in [2.05, 4.69) is 30.1 Å². The number of phosphoric ester groups is 1. The van der Waals surface area contributed by atoms with Crippen LogP contribution in [0, 0.1) is 11.6 Å². The van der Waals surface area contributed by atoms with Crippen LogP contribution in [0.15, 0.2) is 55.0 Å². The molecular weight excluding hydrogens is 613 g/mol. The zero-order valence-electron chi connectivity index (χ0n) is 24.7. The van der Waals surface area contributed by atoms with Gasteiger partial charge in [0.2, 0.25) is 0 Å². The number of pyridine rings is 1. The number of amides is 1. The average molecular weight is 647 g/mol. The lowest BCUT2D eigenvalue weighted by Gasteiger charge is -2.26. The standard InChI is InChI=1S/C29H33F2N6O7P/c1-18(2)37(10-12-44-45(39,40)41)9-4-11-43-26-15-24-21(14-25(26)42-3)28(34-17-33-24)35-20-6-8-27(32-16-20)36-29(38)19-5-7-22(30)23(31)13-19/h5-8,13-18H,4,9-12H2,1-3H3,(H,32,36,38)(H,33,34,35)(H2,39,40,41). The van der Waals surface area contributed by atoms with Crippen molar-refractivity contribution in [2.24, 2.45) is 0 Å². The summed E-state index contributed by atoms with van der Waals surface area (Å²) in [5.74, 6) is -1.19. The molecule has 1 amide bonds. The molecule has 0 aliphatic rings. The number of rotatable bonds is 15. The highest BCUT2D eigenvalue weighted by Crippen LogP contribution is 2.36. The summed E-state index contributed by atoms with van der Waals surface area (Å²) in [4.78, 5) is 45.1. The van der Waals surface area contributed by atoms with Gasteiger partial charge in [0.15, 0.2) is 23.1 Å². The van der Waals surface area contributed by atoms with Gasteiger partial charge in [0, 0.05) is 36.1 Å². The number of methoxy groups -OCH3 is 1. The third-order valence-corrected chi connectivity index (χ3v) is 7.10. The lowest BCUT2D eigenvalue weighted by atomic mass is 10.2. The Kier molecular flexibility index (Phi) is 11.3. The molecule has 4 rings (SSSR count). The molecule has 0 unspecified atom stereocenters. The lowest BCUT2D eigenvalue weighted by Crippen LogP contribution is -2.35. The molecule has 2 aromatic carbocycles. The third kappa shape index (κ3) is 9.61. The molecule has 0 aliphatic heterocycles. The van der Waals surface area contributed by atoms with Gasteiger partial charge in [0.25, 0.3) is 5.91 Å². The van der Waals surface area contributed by atoms with Gasteiger partial charge in [-0.25, -0.2) is 28.3 Å². The summed E-state index contributed by atoms with van der Waals surface area (Å²) in [7, 11) is -2.99. The fourth-order valence-corrected chi connectivity index (χ4v) is 4.61. The van der Waals surface area contributed by atoms with E-state index in [-0.39, 0.29) is 24.0 Å². The highest BCUT2D eigenvalue weighted by Gasteiger charge is 2.17. The summed E-state index contributed by atoms with van der Waals surface area (Å²) in [5, 5.41) is 6.35. The minimum absolute atomic E-state index is 0.0497. The molecule has 0 bridgehead atoms. The number of halogens is 2. The van der Waals surface area contributed by atoms with Crippen molar-refractivity contribution in [3.63, 3.8) is 0 Å². The number of hydrogen-bond acceptors (Lipinski definition) is 10. The number of aromatic nitrogens is 3. The summed E-state index contributed by atoms with van der Waals surface area (Å²) < 4.78 is 53.7. The Hall–Kier alpha value is -4.27. The van der Waals surface area contributed by atoms with Crippen molar-refractivity contribution in [1.82, 2.24) is 19.9 Å². The van der Waals surface area contributed by atoms with Crippen LogP contribution in [0.25, 0.3) is 10.9 Å². The zero-order valence-corrected chi connectivity index (χ0v) is 25.6. The molecule has 16 heteroatoms. The Bertz CT molecular complexity index is 1670. The second kappa shape index (κ2) is 15.1. The van der Waals surface area contributed by atoms with Crippen LogP contribution in [-0.4, -0.2) is 75.0 Å². The fourth-order valence-electron chi connectivity index (χ4n) is 4.30. The van der Waals surface area contributed by atoms with E-state index in [0.717, 1.165) is 12.1 Å². The molecule has 13 nitrogen and oxygen atoms in total. The number of phosphoric acid groups is 1. The first-order valence-corrected chi connectivity index (χ1v) is 15.4. The number of hydrogen-bond donors (Lipinski definition) is 4. The van der Waals surface area contributed by atoms with Crippen molar-refractivity contribution in [2.45, 2.75) is 26.3 Å². The molecule has 0 aliphatic carbocycles. The van der Waals surface area contributed by atoms with E-state index in [1.807, 2.05) is 18.7 Å². The molecule has 240 valence electrons. The predicted molar refractivity (Wildman–Crippen MR) is 163 cm³/mol. The van der Waals surface area contributed by atoms with Gasteiger partial charge in [0.1, 0.15) is 18.0 Å². The number of nitrogens with one attached hydrogen (secondary N) is 2. The second-order valence-corrected chi connectivity index (χ2v) is 11.3. The highest BCUT2D eigenvalue weighted by atomic mass is 31.2. The van der Waals surface area contributed by atoms with Gasteiger partial charge in [-0.15, -0.1) is 0 Å². The average Bonchev–Trinajstić information content (AvgIpc) is 2.99. The molecule has 0 saturated carbocycles. The van der Waals surface area contributed by atoms with Gasteiger partial charge >= 0.3 is 7.82 Å². The number of fused-ring (bicyclic) bond motifs is 1. The van der Waals surface area contributed by atoms with E-state index >= 15 is 0 Å². The van der Waals surface area contributed by atoms with Gasteiger partial charge in [-0.1, -0.05) is 0 Å². The molecule has 0 fully saturated rings. The molecule has 4 aromatic rings. The first kappa shape index (κ1) is 33.6. The summed E-state index contributed by atoms with van der Waals surface area (Å²) in [5.41, 5.74) is 1.09. The SMILES string of the molecule is COc1cc2c(Nc3ccc(NC(=O)c4ccc(F)c(F)c4)nc3)ncnc2cc1OCCCN(CCOP(=O)(O)O)C(C)C. The Balaban J connectivity index is 1.38. The summed E-state index contributed by atoms with van der Waals surface area (Å²) in [6, 6.07) is 9.69. The number of nitrogens with zero attached hydrogens (tertiary/aromatic N) is 4. The van der Waals surface area contributed by atoms with Crippen LogP contribution in [0.4, 0.5) is 26.1 Å². The molecule has 2 heterocycles. The third-order valence-electron chi connectivity index (χ3n) is 6.59. The van der Waals surface area contributed by atoms with E-state index in [1.54, 1.807) is 24.3 Å². The minimum Gasteiger partial charge on any atom is -0.493 e. The largest absolute Gasteiger partial charge is 0.493 e. The Morgan fingerprint density at radius 1 is 1.00 bits per heavy atom. The molecule has 2 aromatic heterocycles. The molecule has 45 heavy (non-hydrogen) atoms. The first-order valence-electron chi connectivity index (χ1n) is 13.8. The minimum atomic E-state index is -4.51. The fraction of sp³-hybridized carbons (Fsp3) is 0.310. The Morgan fingerprint density at radius 3 is 2.47 bits per heavy atom. The highest BCUT2D eigenvalue weighted by molar-refractivity contribution is 7.46. The van der Waals surface area contributed by atoms with Gasteiger partial charge in [0.05, 0.1) is 37.7 Å². The van der Waals surface area contributed by atoms with E-state index in [4.69, 9.17) is 19.3 Å². The molecule has 0 spiro atoms. The van der Waals surface area contributed by atoms with Gasteiger partial charge in [-0.3, -0.25) is 14.2 Å². The normalized spacial score (nSPS) is 11.7. The van der Waals surface area contributed by atoms with Gasteiger partial charge < -0.3 is 29.9 Å².